The minimum atomic E-state index is -0.565. The first kappa shape index (κ1) is 17.8. The topological polar surface area (TPSA) is 70.7 Å². The number of benzene rings is 1. The van der Waals surface area contributed by atoms with E-state index in [2.05, 4.69) is 17.2 Å². The van der Waals surface area contributed by atoms with Crippen LogP contribution in [0.5, 0.6) is 0 Å². The van der Waals surface area contributed by atoms with Crippen molar-refractivity contribution in [1.82, 2.24) is 10.6 Å². The third-order valence-corrected chi connectivity index (χ3v) is 3.63. The van der Waals surface area contributed by atoms with Gasteiger partial charge in [-0.15, -0.1) is 6.58 Å². The highest BCUT2D eigenvalue weighted by Gasteiger charge is 2.31. The zero-order valence-electron chi connectivity index (χ0n) is 14.7. The number of nitrogens with one attached hydrogen (secondary N) is 2. The lowest BCUT2D eigenvalue weighted by Gasteiger charge is -2.39. The second kappa shape index (κ2) is 6.95. The van der Waals surface area contributed by atoms with Crippen LogP contribution < -0.4 is 15.5 Å². The van der Waals surface area contributed by atoms with Crippen molar-refractivity contribution in [2.24, 2.45) is 0 Å². The maximum Gasteiger partial charge on any atom is 0.407 e. The van der Waals surface area contributed by atoms with Crippen LogP contribution >= 0.6 is 0 Å². The number of anilines is 1. The summed E-state index contributed by atoms with van der Waals surface area (Å²) in [6, 6.07) is 5.73. The van der Waals surface area contributed by atoms with Crippen molar-refractivity contribution in [2.45, 2.75) is 39.5 Å². The van der Waals surface area contributed by atoms with E-state index < -0.39 is 11.7 Å². The maximum absolute atomic E-state index is 12.4. The van der Waals surface area contributed by atoms with Gasteiger partial charge in [0, 0.05) is 6.54 Å². The monoisotopic (exact) mass is 331 g/mol. The average Bonchev–Trinajstić information content (AvgIpc) is 2.46. The van der Waals surface area contributed by atoms with Gasteiger partial charge in [-0.2, -0.15) is 0 Å². The Kier molecular flexibility index (Phi) is 5.17. The summed E-state index contributed by atoms with van der Waals surface area (Å²) in [5.41, 5.74) is 1.85. The van der Waals surface area contributed by atoms with Crippen LogP contribution in [0.2, 0.25) is 0 Å². The van der Waals surface area contributed by atoms with E-state index in [9.17, 15) is 9.59 Å². The minimum Gasteiger partial charge on any atom is -0.444 e. The lowest BCUT2D eigenvalue weighted by Crippen LogP contribution is -2.58. The number of alkyl carbamates (subject to hydrolysis) is 1. The highest BCUT2D eigenvalue weighted by molar-refractivity contribution is 6.03. The number of hydrogen-bond acceptors (Lipinski definition) is 4. The summed E-state index contributed by atoms with van der Waals surface area (Å²) in [4.78, 5) is 26.3. The molecule has 1 unspecified atom stereocenters. The quantitative estimate of drug-likeness (QED) is 0.832. The molecule has 0 bridgehead atoms. The molecule has 2 amide bonds. The van der Waals surface area contributed by atoms with Crippen LogP contribution in [-0.2, 0) is 4.74 Å². The lowest BCUT2D eigenvalue weighted by molar-refractivity contribution is 0.0519. The van der Waals surface area contributed by atoms with Crippen molar-refractivity contribution in [3.8, 4) is 0 Å². The first-order valence-corrected chi connectivity index (χ1v) is 7.98. The molecule has 0 aliphatic carbocycles. The highest BCUT2D eigenvalue weighted by atomic mass is 16.6. The predicted octanol–water partition coefficient (Wildman–Crippen LogP) is 2.58. The number of carbonyl (C=O) groups excluding carboxylic acids is 2. The molecule has 0 aromatic heterocycles. The van der Waals surface area contributed by atoms with E-state index in [0.717, 1.165) is 11.3 Å². The molecule has 0 radical (unpaired) electrons. The molecule has 6 heteroatoms. The third-order valence-electron chi connectivity index (χ3n) is 3.63. The van der Waals surface area contributed by atoms with E-state index in [1.165, 1.54) is 0 Å². The number of hydrogen-bond donors (Lipinski definition) is 2. The largest absolute Gasteiger partial charge is 0.444 e. The number of rotatable bonds is 4. The fourth-order valence-corrected chi connectivity index (χ4v) is 2.68. The molecule has 1 aliphatic rings. The molecule has 2 rings (SSSR count). The average molecular weight is 331 g/mol. The Balaban J connectivity index is 2.17. The maximum atomic E-state index is 12.4. The van der Waals surface area contributed by atoms with Crippen molar-refractivity contribution in [3.63, 3.8) is 0 Å². The molecule has 1 aromatic rings. The molecular formula is C18H25N3O3. The second-order valence-electron chi connectivity index (χ2n) is 6.78. The molecule has 2 N–H and O–H groups in total. The number of fused-ring (bicyclic) bond motifs is 1. The highest BCUT2D eigenvalue weighted by Crippen LogP contribution is 2.28. The van der Waals surface area contributed by atoms with E-state index in [0.29, 0.717) is 12.1 Å². The van der Waals surface area contributed by atoms with Crippen LogP contribution in [0.3, 0.4) is 0 Å². The number of amides is 2. The lowest BCUT2D eigenvalue weighted by atomic mass is 10.0. The van der Waals surface area contributed by atoms with Crippen LogP contribution in [0.1, 0.15) is 36.7 Å². The molecule has 130 valence electrons. The predicted molar refractivity (Wildman–Crippen MR) is 94.2 cm³/mol. The summed E-state index contributed by atoms with van der Waals surface area (Å²) in [5, 5.41) is 5.65. The first-order valence-electron chi connectivity index (χ1n) is 7.98. The molecule has 6 nitrogen and oxygen atoms in total. The van der Waals surface area contributed by atoms with Crippen LogP contribution in [-0.4, -0.2) is 36.9 Å². The Labute approximate surface area is 142 Å². The zero-order chi connectivity index (χ0) is 17.9. The van der Waals surface area contributed by atoms with E-state index in [4.69, 9.17) is 4.74 Å². The minimum absolute atomic E-state index is 0.139. The molecule has 0 saturated carbocycles. The van der Waals surface area contributed by atoms with Crippen molar-refractivity contribution in [3.05, 3.63) is 42.0 Å². The number of ether oxygens (including phenoxy) is 1. The van der Waals surface area contributed by atoms with E-state index in [1.54, 1.807) is 26.8 Å². The summed E-state index contributed by atoms with van der Waals surface area (Å²) in [7, 11) is 0. The Bertz CT molecular complexity index is 649. The zero-order valence-corrected chi connectivity index (χ0v) is 14.7. The smallest absolute Gasteiger partial charge is 0.407 e. The second-order valence-corrected chi connectivity index (χ2v) is 6.78. The van der Waals surface area contributed by atoms with Crippen LogP contribution in [0.25, 0.3) is 0 Å². The summed E-state index contributed by atoms with van der Waals surface area (Å²) < 4.78 is 5.24. The Hall–Kier alpha value is -2.50. The molecule has 0 saturated heterocycles. The van der Waals surface area contributed by atoms with Gasteiger partial charge in [-0.25, -0.2) is 4.79 Å². The van der Waals surface area contributed by atoms with Crippen molar-refractivity contribution >= 4 is 17.7 Å². The standard InChI is InChI=1S/C18H25N3O3/c1-6-10-21-13-9-7-8-12(2)15(13)16(22)20-14(21)11-19-17(23)24-18(3,4)5/h6-9,14H,1,10-11H2,2-5H3,(H,19,23)(H,20,22). The summed E-state index contributed by atoms with van der Waals surface area (Å²) in [6.45, 7) is 11.9. The third kappa shape index (κ3) is 4.07. The van der Waals surface area contributed by atoms with E-state index >= 15 is 0 Å². The molecule has 0 fully saturated rings. The number of carbonyl (C=O) groups is 2. The Morgan fingerprint density at radius 3 is 2.79 bits per heavy atom. The molecule has 1 atom stereocenters. The van der Waals surface area contributed by atoms with Crippen LogP contribution in [0.15, 0.2) is 30.9 Å². The van der Waals surface area contributed by atoms with Crippen LogP contribution in [0, 0.1) is 6.92 Å². The van der Waals surface area contributed by atoms with E-state index in [-0.39, 0.29) is 18.6 Å². The Morgan fingerprint density at radius 1 is 1.46 bits per heavy atom. The Morgan fingerprint density at radius 2 is 2.17 bits per heavy atom. The molecule has 1 heterocycles. The van der Waals surface area contributed by atoms with Gasteiger partial charge in [0.25, 0.3) is 5.91 Å². The summed E-state index contributed by atoms with van der Waals surface area (Å²) >= 11 is 0. The van der Waals surface area contributed by atoms with Gasteiger partial charge in [-0.3, -0.25) is 4.79 Å². The SMILES string of the molecule is C=CCN1c2cccc(C)c2C(=O)NC1CNC(=O)OC(C)(C)C. The van der Waals surface area contributed by atoms with Gasteiger partial charge in [0.2, 0.25) is 0 Å². The van der Waals surface area contributed by atoms with Gasteiger partial charge in [-0.05, 0) is 39.3 Å². The fraction of sp³-hybridized carbons (Fsp3) is 0.444. The van der Waals surface area contributed by atoms with Gasteiger partial charge in [-0.1, -0.05) is 18.2 Å². The molecule has 1 aliphatic heterocycles. The molecule has 24 heavy (non-hydrogen) atoms. The van der Waals surface area contributed by atoms with Crippen molar-refractivity contribution < 1.29 is 14.3 Å². The van der Waals surface area contributed by atoms with Gasteiger partial charge >= 0.3 is 6.09 Å². The molecular weight excluding hydrogens is 306 g/mol. The summed E-state index contributed by atoms with van der Waals surface area (Å²) in [6.07, 6.45) is 0.895. The summed E-state index contributed by atoms with van der Waals surface area (Å²) in [5.74, 6) is -0.139. The van der Waals surface area contributed by atoms with Crippen molar-refractivity contribution in [1.29, 1.82) is 0 Å². The van der Waals surface area contributed by atoms with Gasteiger partial charge in [0.05, 0.1) is 17.8 Å². The molecule has 0 spiro atoms. The van der Waals surface area contributed by atoms with Gasteiger partial charge < -0.3 is 20.3 Å². The van der Waals surface area contributed by atoms with E-state index in [1.807, 2.05) is 30.0 Å². The normalized spacial score (nSPS) is 16.9. The number of aryl methyl sites for hydroxylation is 1. The van der Waals surface area contributed by atoms with Gasteiger partial charge in [0.1, 0.15) is 11.8 Å². The molecule has 1 aromatic carbocycles. The van der Waals surface area contributed by atoms with Crippen LogP contribution in [0.4, 0.5) is 10.5 Å². The first-order chi connectivity index (χ1) is 11.2. The van der Waals surface area contributed by atoms with Crippen molar-refractivity contribution in [2.75, 3.05) is 18.0 Å². The van der Waals surface area contributed by atoms with Gasteiger partial charge in [0.15, 0.2) is 0 Å². The number of nitrogens with zero attached hydrogens (tertiary/aromatic N) is 1. The fourth-order valence-electron chi connectivity index (χ4n) is 2.68.